The number of nitriles is 1. The third-order valence-corrected chi connectivity index (χ3v) is 3.10. The summed E-state index contributed by atoms with van der Waals surface area (Å²) >= 11 is 0. The number of hydrogen-bond acceptors (Lipinski definition) is 4. The van der Waals surface area contributed by atoms with Crippen molar-refractivity contribution in [3.05, 3.63) is 47.2 Å². The molecule has 102 valence electrons. The first-order valence-electron chi connectivity index (χ1n) is 6.44. The molecule has 0 spiro atoms. The first kappa shape index (κ1) is 13.9. The molecule has 0 amide bonds. The van der Waals surface area contributed by atoms with Crippen molar-refractivity contribution in [2.45, 2.75) is 13.8 Å². The van der Waals surface area contributed by atoms with Gasteiger partial charge in [0.1, 0.15) is 11.9 Å². The van der Waals surface area contributed by atoms with E-state index in [4.69, 9.17) is 0 Å². The average Bonchev–Trinajstić information content (AvgIpc) is 2.39. The maximum Gasteiger partial charge on any atom is 0.148 e. The summed E-state index contributed by atoms with van der Waals surface area (Å²) in [7, 11) is 4.00. The fourth-order valence-electron chi connectivity index (χ4n) is 2.05. The highest BCUT2D eigenvalue weighted by molar-refractivity contribution is 5.66. The predicted molar refractivity (Wildman–Crippen MR) is 82.5 cm³/mol. The van der Waals surface area contributed by atoms with Gasteiger partial charge in [0.05, 0.1) is 5.56 Å². The summed E-state index contributed by atoms with van der Waals surface area (Å²) in [5, 5.41) is 12.5. The molecule has 0 aliphatic carbocycles. The number of nitrogens with one attached hydrogen (secondary N) is 1. The summed E-state index contributed by atoms with van der Waals surface area (Å²) in [6.45, 7) is 3.85. The standard InChI is InChI=1S/C16H18N4/c1-11-9-12(2)18-16(15(11)10-17)19-13-5-7-14(8-6-13)20(3)4/h5-9H,1-4H3,(H,18,19). The second-order valence-electron chi connectivity index (χ2n) is 4.98. The molecule has 2 rings (SSSR count). The average molecular weight is 266 g/mol. The van der Waals surface area contributed by atoms with E-state index in [1.165, 1.54) is 0 Å². The van der Waals surface area contributed by atoms with Gasteiger partial charge in [-0.3, -0.25) is 0 Å². The van der Waals surface area contributed by atoms with Crippen LogP contribution in [-0.4, -0.2) is 19.1 Å². The van der Waals surface area contributed by atoms with Crippen LogP contribution < -0.4 is 10.2 Å². The molecule has 0 aliphatic rings. The highest BCUT2D eigenvalue weighted by Crippen LogP contribution is 2.23. The zero-order valence-corrected chi connectivity index (χ0v) is 12.2. The Morgan fingerprint density at radius 2 is 1.80 bits per heavy atom. The molecule has 0 atom stereocenters. The lowest BCUT2D eigenvalue weighted by molar-refractivity contribution is 1.13. The van der Waals surface area contributed by atoms with E-state index in [9.17, 15) is 5.26 Å². The van der Waals surface area contributed by atoms with Crippen molar-refractivity contribution in [2.75, 3.05) is 24.3 Å². The van der Waals surface area contributed by atoms with Crippen LogP contribution in [-0.2, 0) is 0 Å². The van der Waals surface area contributed by atoms with E-state index in [1.807, 2.05) is 63.2 Å². The molecule has 1 aromatic heterocycles. The van der Waals surface area contributed by atoms with Crippen LogP contribution in [0.1, 0.15) is 16.8 Å². The molecule has 1 aromatic carbocycles. The van der Waals surface area contributed by atoms with Crippen molar-refractivity contribution in [3.8, 4) is 6.07 Å². The monoisotopic (exact) mass is 266 g/mol. The molecular formula is C16H18N4. The van der Waals surface area contributed by atoms with Gasteiger partial charge in [0.15, 0.2) is 0 Å². The molecule has 0 saturated carbocycles. The van der Waals surface area contributed by atoms with Crippen LogP contribution in [0.2, 0.25) is 0 Å². The van der Waals surface area contributed by atoms with Crippen molar-refractivity contribution < 1.29 is 0 Å². The molecule has 4 heteroatoms. The van der Waals surface area contributed by atoms with E-state index in [0.717, 1.165) is 22.6 Å². The van der Waals surface area contributed by atoms with Crippen molar-refractivity contribution in [1.29, 1.82) is 5.26 Å². The van der Waals surface area contributed by atoms with Crippen LogP contribution in [0.25, 0.3) is 0 Å². The topological polar surface area (TPSA) is 52.0 Å². The van der Waals surface area contributed by atoms with Crippen LogP contribution in [0.15, 0.2) is 30.3 Å². The Labute approximate surface area is 119 Å². The van der Waals surface area contributed by atoms with Crippen LogP contribution in [0.4, 0.5) is 17.2 Å². The number of pyridine rings is 1. The first-order chi connectivity index (χ1) is 9.51. The van der Waals surface area contributed by atoms with Gasteiger partial charge in [-0.2, -0.15) is 5.26 Å². The highest BCUT2D eigenvalue weighted by Gasteiger charge is 2.08. The minimum absolute atomic E-state index is 0.590. The van der Waals surface area contributed by atoms with Crippen LogP contribution in [0.3, 0.4) is 0 Å². The van der Waals surface area contributed by atoms with Gasteiger partial charge in [-0.15, -0.1) is 0 Å². The van der Waals surface area contributed by atoms with Gasteiger partial charge in [0.2, 0.25) is 0 Å². The molecule has 0 aliphatic heterocycles. The zero-order valence-electron chi connectivity index (χ0n) is 12.2. The summed E-state index contributed by atoms with van der Waals surface area (Å²) in [5.74, 6) is 0.614. The van der Waals surface area contributed by atoms with Gasteiger partial charge in [-0.25, -0.2) is 4.98 Å². The van der Waals surface area contributed by atoms with Crippen molar-refractivity contribution in [1.82, 2.24) is 4.98 Å². The highest BCUT2D eigenvalue weighted by atomic mass is 15.1. The summed E-state index contributed by atoms with van der Waals surface area (Å²) < 4.78 is 0. The molecule has 20 heavy (non-hydrogen) atoms. The van der Waals surface area contributed by atoms with Gasteiger partial charge in [-0.1, -0.05) is 0 Å². The summed E-state index contributed by atoms with van der Waals surface area (Å²) in [6.07, 6.45) is 0. The Kier molecular flexibility index (Phi) is 3.90. The van der Waals surface area contributed by atoms with Crippen molar-refractivity contribution in [2.24, 2.45) is 0 Å². The molecule has 0 radical (unpaired) electrons. The van der Waals surface area contributed by atoms with E-state index in [2.05, 4.69) is 16.4 Å². The van der Waals surface area contributed by atoms with E-state index >= 15 is 0 Å². The zero-order chi connectivity index (χ0) is 14.7. The van der Waals surface area contributed by atoms with Gasteiger partial charge >= 0.3 is 0 Å². The normalized spacial score (nSPS) is 9.95. The fraction of sp³-hybridized carbons (Fsp3) is 0.250. The van der Waals surface area contributed by atoms with Crippen LogP contribution >= 0.6 is 0 Å². The number of rotatable bonds is 3. The Hall–Kier alpha value is -2.54. The van der Waals surface area contributed by atoms with Crippen LogP contribution in [0.5, 0.6) is 0 Å². The van der Waals surface area contributed by atoms with E-state index in [1.54, 1.807) is 0 Å². The molecule has 4 nitrogen and oxygen atoms in total. The number of benzene rings is 1. The van der Waals surface area contributed by atoms with Gasteiger partial charge in [-0.05, 0) is 49.7 Å². The molecule has 0 saturated heterocycles. The minimum Gasteiger partial charge on any atom is -0.378 e. The van der Waals surface area contributed by atoms with E-state index < -0.39 is 0 Å². The third-order valence-electron chi connectivity index (χ3n) is 3.10. The van der Waals surface area contributed by atoms with Crippen molar-refractivity contribution in [3.63, 3.8) is 0 Å². The lowest BCUT2D eigenvalue weighted by atomic mass is 10.1. The lowest BCUT2D eigenvalue weighted by Gasteiger charge is -2.14. The first-order valence-corrected chi connectivity index (χ1v) is 6.44. The maximum absolute atomic E-state index is 9.25. The molecule has 0 fully saturated rings. The predicted octanol–water partition coefficient (Wildman–Crippen LogP) is 3.38. The molecular weight excluding hydrogens is 248 g/mol. The number of aromatic nitrogens is 1. The quantitative estimate of drug-likeness (QED) is 0.925. The number of hydrogen-bond donors (Lipinski definition) is 1. The molecule has 0 unspecified atom stereocenters. The molecule has 0 bridgehead atoms. The number of anilines is 3. The lowest BCUT2D eigenvalue weighted by Crippen LogP contribution is -2.08. The molecule has 2 aromatic rings. The minimum atomic E-state index is 0.590. The Balaban J connectivity index is 2.33. The van der Waals surface area contributed by atoms with Gasteiger partial charge < -0.3 is 10.2 Å². The largest absolute Gasteiger partial charge is 0.378 e. The molecule has 1 N–H and O–H groups in total. The molecule has 1 heterocycles. The third kappa shape index (κ3) is 2.89. The van der Waals surface area contributed by atoms with Crippen LogP contribution in [0, 0.1) is 25.2 Å². The fourth-order valence-corrected chi connectivity index (χ4v) is 2.05. The summed E-state index contributed by atoms with van der Waals surface area (Å²) in [5.41, 5.74) is 4.47. The Morgan fingerprint density at radius 1 is 1.15 bits per heavy atom. The van der Waals surface area contributed by atoms with Gasteiger partial charge in [0.25, 0.3) is 0 Å². The van der Waals surface area contributed by atoms with Gasteiger partial charge in [0, 0.05) is 31.2 Å². The van der Waals surface area contributed by atoms with Crippen molar-refractivity contribution >= 4 is 17.2 Å². The number of nitrogens with zero attached hydrogens (tertiary/aromatic N) is 3. The van der Waals surface area contributed by atoms with E-state index in [0.29, 0.717) is 11.4 Å². The summed E-state index contributed by atoms with van der Waals surface area (Å²) in [4.78, 5) is 6.45. The SMILES string of the molecule is Cc1cc(C)c(C#N)c(Nc2ccc(N(C)C)cc2)n1. The number of aryl methyl sites for hydroxylation is 2. The second-order valence-corrected chi connectivity index (χ2v) is 4.98. The Morgan fingerprint density at radius 3 is 2.35 bits per heavy atom. The maximum atomic E-state index is 9.25. The Bertz CT molecular complexity index is 651. The smallest absolute Gasteiger partial charge is 0.148 e. The van der Waals surface area contributed by atoms with E-state index in [-0.39, 0.29) is 0 Å². The summed E-state index contributed by atoms with van der Waals surface area (Å²) in [6, 6.07) is 12.1. The second kappa shape index (κ2) is 5.62.